The van der Waals surface area contributed by atoms with Crippen molar-refractivity contribution in [2.24, 2.45) is 0 Å². The van der Waals surface area contributed by atoms with E-state index in [1.165, 1.54) is 0 Å². The zero-order chi connectivity index (χ0) is 22.7. The number of halogens is 1. The Bertz CT molecular complexity index is 1250. The Kier molecular flexibility index (Phi) is 6.18. The normalized spacial score (nSPS) is 10.6. The van der Waals surface area contributed by atoms with Crippen LogP contribution in [0.4, 0.5) is 17.2 Å². The topological polar surface area (TPSA) is 94.0 Å². The fraction of sp³-hybridized carbons (Fsp3) is 0.130. The van der Waals surface area contributed by atoms with Gasteiger partial charge in [-0.3, -0.25) is 4.79 Å². The largest absolute Gasteiger partial charge is 0.497 e. The van der Waals surface area contributed by atoms with Crippen molar-refractivity contribution >= 4 is 39.0 Å². The van der Waals surface area contributed by atoms with E-state index in [-0.39, 0.29) is 5.91 Å². The molecule has 162 valence electrons. The molecule has 4 aromatic rings. The summed E-state index contributed by atoms with van der Waals surface area (Å²) in [6, 6.07) is 18.3. The molecule has 0 unspecified atom stereocenters. The highest BCUT2D eigenvalue weighted by molar-refractivity contribution is 9.10. The van der Waals surface area contributed by atoms with Crippen molar-refractivity contribution in [1.82, 2.24) is 20.0 Å². The van der Waals surface area contributed by atoms with Crippen molar-refractivity contribution < 1.29 is 9.53 Å². The Labute approximate surface area is 193 Å². The molecule has 4 rings (SSSR count). The Hall–Kier alpha value is -3.72. The van der Waals surface area contributed by atoms with Gasteiger partial charge in [0.2, 0.25) is 0 Å². The maximum Gasteiger partial charge on any atom is 0.256 e. The van der Waals surface area contributed by atoms with Crippen LogP contribution in [-0.2, 0) is 0 Å². The molecule has 0 aliphatic carbocycles. The van der Waals surface area contributed by atoms with Crippen molar-refractivity contribution in [1.29, 1.82) is 0 Å². The van der Waals surface area contributed by atoms with E-state index in [1.807, 2.05) is 56.3 Å². The summed E-state index contributed by atoms with van der Waals surface area (Å²) in [5.74, 6) is 1.64. The first-order valence-electron chi connectivity index (χ1n) is 9.82. The highest BCUT2D eigenvalue weighted by Crippen LogP contribution is 2.24. The second-order valence-corrected chi connectivity index (χ2v) is 7.97. The minimum atomic E-state index is -0.234. The second kappa shape index (κ2) is 9.19. The number of benzene rings is 2. The highest BCUT2D eigenvalue weighted by Gasteiger charge is 2.12. The minimum absolute atomic E-state index is 0.234. The van der Waals surface area contributed by atoms with Crippen LogP contribution < -0.4 is 15.4 Å². The summed E-state index contributed by atoms with van der Waals surface area (Å²) in [7, 11) is 1.56. The standard InChI is InChI=1S/C23H21BrN6O2/c1-14-12-15(2)30(29-14)22-11-10-21(27-28-22)25-16-4-6-17(7-5-16)26-23(31)19-13-18(32-3)8-9-20(19)24/h4-13H,1-3H3,(H,25,27)(H,26,31). The number of nitrogens with one attached hydrogen (secondary N) is 2. The summed E-state index contributed by atoms with van der Waals surface area (Å²) >= 11 is 3.40. The predicted molar refractivity (Wildman–Crippen MR) is 127 cm³/mol. The molecule has 9 heteroatoms. The molecule has 8 nitrogen and oxygen atoms in total. The number of ether oxygens (including phenoxy) is 1. The van der Waals surface area contributed by atoms with Gasteiger partial charge in [-0.15, -0.1) is 10.2 Å². The number of aromatic nitrogens is 4. The molecule has 0 spiro atoms. The lowest BCUT2D eigenvalue weighted by molar-refractivity contribution is 0.102. The van der Waals surface area contributed by atoms with Crippen LogP contribution in [0.25, 0.3) is 5.82 Å². The molecule has 1 amide bonds. The lowest BCUT2D eigenvalue weighted by atomic mass is 10.2. The van der Waals surface area contributed by atoms with Crippen LogP contribution in [0.5, 0.6) is 5.75 Å². The van der Waals surface area contributed by atoms with E-state index in [0.717, 1.165) is 17.1 Å². The van der Waals surface area contributed by atoms with Gasteiger partial charge < -0.3 is 15.4 Å². The predicted octanol–water partition coefficient (Wildman–Crippen LogP) is 5.05. The van der Waals surface area contributed by atoms with Gasteiger partial charge >= 0.3 is 0 Å². The molecule has 0 saturated heterocycles. The number of anilines is 3. The van der Waals surface area contributed by atoms with Gasteiger partial charge in [0.25, 0.3) is 5.91 Å². The highest BCUT2D eigenvalue weighted by atomic mass is 79.9. The maximum atomic E-state index is 12.6. The molecule has 2 N–H and O–H groups in total. The summed E-state index contributed by atoms with van der Waals surface area (Å²) in [4.78, 5) is 12.6. The SMILES string of the molecule is COc1ccc(Br)c(C(=O)Nc2ccc(Nc3ccc(-n4nc(C)cc4C)nn3)cc2)c1. The quantitative estimate of drug-likeness (QED) is 0.391. The third kappa shape index (κ3) is 4.78. The molecule has 2 heterocycles. The molecule has 0 saturated carbocycles. The number of hydrogen-bond donors (Lipinski definition) is 2. The number of hydrogen-bond acceptors (Lipinski definition) is 6. The van der Waals surface area contributed by atoms with E-state index < -0.39 is 0 Å². The molecule has 32 heavy (non-hydrogen) atoms. The molecule has 0 aliphatic heterocycles. The van der Waals surface area contributed by atoms with E-state index in [1.54, 1.807) is 30.0 Å². The number of methoxy groups -OCH3 is 1. The van der Waals surface area contributed by atoms with Gasteiger partial charge in [0, 0.05) is 21.5 Å². The molecule has 0 atom stereocenters. The van der Waals surface area contributed by atoms with Gasteiger partial charge in [0.1, 0.15) is 5.75 Å². The number of carbonyl (C=O) groups is 1. The van der Waals surface area contributed by atoms with Crippen molar-refractivity contribution in [2.45, 2.75) is 13.8 Å². The van der Waals surface area contributed by atoms with Gasteiger partial charge in [0.05, 0.1) is 18.4 Å². The van der Waals surface area contributed by atoms with Crippen molar-refractivity contribution in [3.8, 4) is 11.6 Å². The van der Waals surface area contributed by atoms with Gasteiger partial charge in [-0.25, -0.2) is 4.68 Å². The monoisotopic (exact) mass is 492 g/mol. The zero-order valence-corrected chi connectivity index (χ0v) is 19.3. The van der Waals surface area contributed by atoms with E-state index >= 15 is 0 Å². The number of rotatable bonds is 6. The smallest absolute Gasteiger partial charge is 0.256 e. The van der Waals surface area contributed by atoms with Crippen LogP contribution in [0.1, 0.15) is 21.7 Å². The Morgan fingerprint density at radius 1 is 0.969 bits per heavy atom. The van der Waals surface area contributed by atoms with E-state index in [0.29, 0.717) is 33.1 Å². The van der Waals surface area contributed by atoms with E-state index in [9.17, 15) is 4.79 Å². The lowest BCUT2D eigenvalue weighted by Gasteiger charge is -2.10. The van der Waals surface area contributed by atoms with Crippen LogP contribution in [0, 0.1) is 13.8 Å². The lowest BCUT2D eigenvalue weighted by Crippen LogP contribution is -2.12. The van der Waals surface area contributed by atoms with Gasteiger partial charge in [-0.05, 0) is 90.4 Å². The Morgan fingerprint density at radius 3 is 2.34 bits per heavy atom. The van der Waals surface area contributed by atoms with E-state index in [2.05, 4.69) is 41.9 Å². The fourth-order valence-electron chi connectivity index (χ4n) is 3.15. The van der Waals surface area contributed by atoms with Gasteiger partial charge in [0.15, 0.2) is 11.6 Å². The third-order valence-electron chi connectivity index (χ3n) is 4.71. The number of nitrogens with zero attached hydrogens (tertiary/aromatic N) is 4. The summed E-state index contributed by atoms with van der Waals surface area (Å²) in [5.41, 5.74) is 3.90. The first-order valence-corrected chi connectivity index (χ1v) is 10.6. The van der Waals surface area contributed by atoms with Crippen LogP contribution in [-0.4, -0.2) is 33.0 Å². The molecule has 0 radical (unpaired) electrons. The average molecular weight is 493 g/mol. The maximum absolute atomic E-state index is 12.6. The first kappa shape index (κ1) is 21.5. The summed E-state index contributed by atoms with van der Waals surface area (Å²) in [5, 5.41) is 19.0. The van der Waals surface area contributed by atoms with Gasteiger partial charge in [-0.1, -0.05) is 0 Å². The average Bonchev–Trinajstić information content (AvgIpc) is 3.13. The number of carbonyl (C=O) groups excluding carboxylic acids is 1. The van der Waals surface area contributed by atoms with Crippen LogP contribution in [0.3, 0.4) is 0 Å². The van der Waals surface area contributed by atoms with Crippen LogP contribution >= 0.6 is 15.9 Å². The Balaban J connectivity index is 1.42. The molecular formula is C23H21BrN6O2. The minimum Gasteiger partial charge on any atom is -0.497 e. The van der Waals surface area contributed by atoms with E-state index in [4.69, 9.17) is 4.74 Å². The molecule has 0 aliphatic rings. The summed E-state index contributed by atoms with van der Waals surface area (Å²) < 4.78 is 7.64. The van der Waals surface area contributed by atoms with Crippen molar-refractivity contribution in [3.63, 3.8) is 0 Å². The molecule has 2 aromatic carbocycles. The molecule has 0 bridgehead atoms. The summed E-state index contributed by atoms with van der Waals surface area (Å²) in [6.07, 6.45) is 0. The number of amides is 1. The van der Waals surface area contributed by atoms with Crippen molar-refractivity contribution in [3.05, 3.63) is 82.1 Å². The number of aryl methyl sites for hydroxylation is 2. The fourth-order valence-corrected chi connectivity index (χ4v) is 3.58. The molecule has 2 aromatic heterocycles. The van der Waals surface area contributed by atoms with Gasteiger partial charge in [-0.2, -0.15) is 5.10 Å². The van der Waals surface area contributed by atoms with Crippen LogP contribution in [0.15, 0.2) is 65.1 Å². The zero-order valence-electron chi connectivity index (χ0n) is 17.8. The third-order valence-corrected chi connectivity index (χ3v) is 5.40. The summed E-state index contributed by atoms with van der Waals surface area (Å²) in [6.45, 7) is 3.91. The van der Waals surface area contributed by atoms with Crippen molar-refractivity contribution in [2.75, 3.05) is 17.7 Å². The second-order valence-electron chi connectivity index (χ2n) is 7.12. The Morgan fingerprint density at radius 2 is 1.72 bits per heavy atom. The molecular weight excluding hydrogens is 472 g/mol. The first-order chi connectivity index (χ1) is 15.4. The van der Waals surface area contributed by atoms with Crippen LogP contribution in [0.2, 0.25) is 0 Å². The molecule has 0 fully saturated rings.